The summed E-state index contributed by atoms with van der Waals surface area (Å²) in [4.78, 5) is 30.7. The summed E-state index contributed by atoms with van der Waals surface area (Å²) in [5, 5.41) is 9.45. The van der Waals surface area contributed by atoms with Gasteiger partial charge in [0.15, 0.2) is 0 Å². The third-order valence-electron chi connectivity index (χ3n) is 5.45. The van der Waals surface area contributed by atoms with E-state index in [-0.39, 0.29) is 24.4 Å². The van der Waals surface area contributed by atoms with E-state index in [0.29, 0.717) is 37.7 Å². The second-order valence-corrected chi connectivity index (χ2v) is 7.06. The maximum Gasteiger partial charge on any atom is 0.308 e. The number of amides is 1. The molecule has 4 rings (SSSR count). The Morgan fingerprint density at radius 2 is 2.20 bits per heavy atom. The zero-order valence-electron chi connectivity index (χ0n) is 14.0. The quantitative estimate of drug-likeness (QED) is 0.870. The van der Waals surface area contributed by atoms with Crippen molar-refractivity contribution in [3.8, 4) is 5.88 Å². The molecule has 0 spiro atoms. The van der Waals surface area contributed by atoms with Crippen LogP contribution in [0, 0.1) is 11.8 Å². The summed E-state index contributed by atoms with van der Waals surface area (Å²) < 4.78 is 11.0. The van der Waals surface area contributed by atoms with E-state index >= 15 is 0 Å². The number of carbonyl (C=O) groups excluding carboxylic acids is 1. The monoisotopic (exact) mass is 346 g/mol. The molecule has 4 heterocycles. The molecule has 3 atom stereocenters. The Morgan fingerprint density at radius 1 is 1.32 bits per heavy atom. The fraction of sp³-hybridized carbons (Fsp3) is 0.611. The van der Waals surface area contributed by atoms with Crippen LogP contribution in [0.4, 0.5) is 0 Å². The van der Waals surface area contributed by atoms with Crippen molar-refractivity contribution in [1.29, 1.82) is 0 Å². The maximum absolute atomic E-state index is 13.1. The van der Waals surface area contributed by atoms with Crippen molar-refractivity contribution in [1.82, 2.24) is 9.88 Å². The average molecular weight is 346 g/mol. The number of hydrogen-bond acceptors (Lipinski definition) is 5. The van der Waals surface area contributed by atoms with Crippen LogP contribution in [0.2, 0.25) is 0 Å². The fourth-order valence-electron chi connectivity index (χ4n) is 4.17. The minimum atomic E-state index is -0.848. The van der Waals surface area contributed by atoms with Gasteiger partial charge in [-0.15, -0.1) is 0 Å². The number of fused-ring (bicyclic) bond motifs is 2. The normalized spacial score (nSPS) is 28.5. The molecule has 25 heavy (non-hydrogen) atoms. The molecule has 2 saturated heterocycles. The van der Waals surface area contributed by atoms with Gasteiger partial charge in [-0.25, -0.2) is 4.98 Å². The van der Waals surface area contributed by atoms with Gasteiger partial charge < -0.3 is 19.5 Å². The van der Waals surface area contributed by atoms with Crippen LogP contribution in [0.5, 0.6) is 5.88 Å². The van der Waals surface area contributed by atoms with E-state index in [2.05, 4.69) is 4.98 Å². The van der Waals surface area contributed by atoms with Crippen molar-refractivity contribution in [3.63, 3.8) is 0 Å². The Bertz CT molecular complexity index is 692. The first-order chi connectivity index (χ1) is 12.1. The topological polar surface area (TPSA) is 89.0 Å². The highest BCUT2D eigenvalue weighted by atomic mass is 16.5. The third kappa shape index (κ3) is 3.08. The van der Waals surface area contributed by atoms with Gasteiger partial charge in [-0.2, -0.15) is 0 Å². The number of carboxylic acid groups (broad SMARTS) is 1. The molecular weight excluding hydrogens is 324 g/mol. The maximum atomic E-state index is 13.1. The molecule has 1 aromatic heterocycles. The Balaban J connectivity index is 1.61. The van der Waals surface area contributed by atoms with E-state index in [9.17, 15) is 14.7 Å². The van der Waals surface area contributed by atoms with Crippen molar-refractivity contribution < 1.29 is 24.2 Å². The molecule has 0 radical (unpaired) electrons. The summed E-state index contributed by atoms with van der Waals surface area (Å²) in [6.45, 7) is 2.04. The van der Waals surface area contributed by atoms with E-state index in [1.54, 1.807) is 11.1 Å². The van der Waals surface area contributed by atoms with Crippen LogP contribution in [0.25, 0.3) is 0 Å². The molecule has 0 saturated carbocycles. The van der Waals surface area contributed by atoms with Crippen LogP contribution in [0.15, 0.2) is 12.3 Å². The Hall–Kier alpha value is -2.15. The minimum Gasteiger partial charge on any atom is -0.481 e. The van der Waals surface area contributed by atoms with E-state index in [0.717, 1.165) is 24.8 Å². The van der Waals surface area contributed by atoms with E-state index in [4.69, 9.17) is 9.47 Å². The van der Waals surface area contributed by atoms with Crippen LogP contribution < -0.4 is 4.74 Å². The van der Waals surface area contributed by atoms with Crippen molar-refractivity contribution in [2.75, 3.05) is 26.4 Å². The highest BCUT2D eigenvalue weighted by molar-refractivity contribution is 5.95. The molecule has 0 unspecified atom stereocenters. The molecule has 1 aromatic rings. The molecule has 1 N–H and O–H groups in total. The Kier molecular flexibility index (Phi) is 4.33. The largest absolute Gasteiger partial charge is 0.481 e. The predicted molar refractivity (Wildman–Crippen MR) is 87.5 cm³/mol. The number of aromatic nitrogens is 1. The summed E-state index contributed by atoms with van der Waals surface area (Å²) in [7, 11) is 0. The number of nitrogens with zero attached hydrogens (tertiary/aromatic N) is 2. The van der Waals surface area contributed by atoms with Crippen molar-refractivity contribution in [2.45, 2.75) is 31.7 Å². The molecule has 3 aliphatic rings. The molecule has 7 heteroatoms. The zero-order chi connectivity index (χ0) is 17.4. The number of aliphatic carboxylic acids is 1. The van der Waals surface area contributed by atoms with Crippen molar-refractivity contribution in [2.24, 2.45) is 11.8 Å². The average Bonchev–Trinajstić information content (AvgIpc) is 2.66. The van der Waals surface area contributed by atoms with Gasteiger partial charge in [0, 0.05) is 36.9 Å². The van der Waals surface area contributed by atoms with Gasteiger partial charge in [0.1, 0.15) is 0 Å². The molecular formula is C18H22N2O5. The highest BCUT2D eigenvalue weighted by Gasteiger charge is 2.42. The van der Waals surface area contributed by atoms with E-state index in [1.807, 2.05) is 6.07 Å². The Labute approximate surface area is 145 Å². The lowest BCUT2D eigenvalue weighted by Gasteiger charge is -2.45. The fourth-order valence-corrected chi connectivity index (χ4v) is 4.17. The first kappa shape index (κ1) is 16.3. The minimum absolute atomic E-state index is 0.0455. The first-order valence-corrected chi connectivity index (χ1v) is 8.86. The number of rotatable bonds is 2. The Morgan fingerprint density at radius 3 is 3.04 bits per heavy atom. The van der Waals surface area contributed by atoms with Crippen LogP contribution in [-0.4, -0.2) is 59.3 Å². The first-order valence-electron chi connectivity index (χ1n) is 8.86. The number of carboxylic acids is 1. The van der Waals surface area contributed by atoms with Gasteiger partial charge in [-0.1, -0.05) is 0 Å². The van der Waals surface area contributed by atoms with Gasteiger partial charge in [-0.05, 0) is 31.7 Å². The number of likely N-dealkylation sites (tertiary alicyclic amines) is 1. The van der Waals surface area contributed by atoms with Gasteiger partial charge in [0.05, 0.1) is 24.7 Å². The smallest absolute Gasteiger partial charge is 0.308 e. The number of ether oxygens (including phenoxy) is 2. The van der Waals surface area contributed by atoms with Crippen LogP contribution in [-0.2, 0) is 16.0 Å². The summed E-state index contributed by atoms with van der Waals surface area (Å²) in [6.07, 6.45) is 4.63. The molecule has 7 nitrogen and oxygen atoms in total. The second-order valence-electron chi connectivity index (χ2n) is 7.06. The van der Waals surface area contributed by atoms with Crippen molar-refractivity contribution >= 4 is 11.9 Å². The lowest BCUT2D eigenvalue weighted by molar-refractivity contribution is -0.146. The standard InChI is InChI=1S/C18H22N2O5/c21-17(12-6-11-2-1-4-25-16(11)19-8-12)20-9-13(18(22)23)7-14-10-24-5-3-15(14)20/h6,8,13-15H,1-5,7,9-10H2,(H,22,23)/t13-,14-,15-/m1/s1. The van der Waals surface area contributed by atoms with Gasteiger partial charge in [0.2, 0.25) is 5.88 Å². The van der Waals surface area contributed by atoms with Crippen LogP contribution >= 0.6 is 0 Å². The van der Waals surface area contributed by atoms with Gasteiger partial charge in [0.25, 0.3) is 5.91 Å². The molecule has 0 aliphatic carbocycles. The molecule has 1 amide bonds. The van der Waals surface area contributed by atoms with Crippen LogP contribution in [0.3, 0.4) is 0 Å². The van der Waals surface area contributed by atoms with Gasteiger partial charge in [-0.3, -0.25) is 9.59 Å². The van der Waals surface area contributed by atoms with Crippen LogP contribution in [0.1, 0.15) is 35.2 Å². The molecule has 0 bridgehead atoms. The summed E-state index contributed by atoms with van der Waals surface area (Å²) in [6, 6.07) is 1.90. The summed E-state index contributed by atoms with van der Waals surface area (Å²) in [5.74, 6) is -0.835. The van der Waals surface area contributed by atoms with E-state index < -0.39 is 11.9 Å². The van der Waals surface area contributed by atoms with E-state index in [1.165, 1.54) is 0 Å². The molecule has 3 aliphatic heterocycles. The lowest BCUT2D eigenvalue weighted by Crippen LogP contribution is -2.56. The lowest BCUT2D eigenvalue weighted by atomic mass is 9.80. The van der Waals surface area contributed by atoms with Gasteiger partial charge >= 0.3 is 5.97 Å². The number of carbonyl (C=O) groups is 2. The van der Waals surface area contributed by atoms with Crippen molar-refractivity contribution in [3.05, 3.63) is 23.4 Å². The summed E-state index contributed by atoms with van der Waals surface area (Å²) in [5.41, 5.74) is 1.47. The number of piperidine rings is 1. The molecule has 2 fully saturated rings. The molecule has 134 valence electrons. The number of pyridine rings is 1. The summed E-state index contributed by atoms with van der Waals surface area (Å²) >= 11 is 0. The predicted octanol–water partition coefficient (Wildman–Crippen LogP) is 1.36. The molecule has 0 aromatic carbocycles. The second kappa shape index (κ2) is 6.63. The SMILES string of the molecule is O=C(O)[C@@H]1C[C@@H]2COCC[C@H]2N(C(=O)c2cnc3c(c2)CCCO3)C1. The highest BCUT2D eigenvalue weighted by Crippen LogP contribution is 2.34. The number of hydrogen-bond donors (Lipinski definition) is 1. The zero-order valence-corrected chi connectivity index (χ0v) is 14.0. The third-order valence-corrected chi connectivity index (χ3v) is 5.45. The number of aryl methyl sites for hydroxylation is 1.